The molecule has 2 aromatic carbocycles. The van der Waals surface area contributed by atoms with Crippen molar-refractivity contribution in [1.29, 1.82) is 0 Å². The standard InChI is InChI=1S/C14H13ClINO/c15-13-9-10(7-8-17)1-6-14(13)18-12-4-2-11(16)3-5-12/h1-6,9H,7-8,17H2. The Balaban J connectivity index is 2.16. The number of nitrogens with two attached hydrogens (primary N) is 1. The molecule has 0 aromatic heterocycles. The van der Waals surface area contributed by atoms with Crippen molar-refractivity contribution in [3.63, 3.8) is 0 Å². The summed E-state index contributed by atoms with van der Waals surface area (Å²) in [6.07, 6.45) is 0.823. The molecule has 4 heteroatoms. The Morgan fingerprint density at radius 3 is 2.44 bits per heavy atom. The Bertz CT molecular complexity index is 528. The topological polar surface area (TPSA) is 35.2 Å². The van der Waals surface area contributed by atoms with Crippen LogP contribution in [0.3, 0.4) is 0 Å². The first kappa shape index (κ1) is 13.6. The van der Waals surface area contributed by atoms with Crippen LogP contribution in [0.15, 0.2) is 42.5 Å². The number of rotatable bonds is 4. The molecule has 0 spiro atoms. The van der Waals surface area contributed by atoms with Crippen LogP contribution in [-0.4, -0.2) is 6.54 Å². The number of hydrogen-bond acceptors (Lipinski definition) is 2. The zero-order valence-corrected chi connectivity index (χ0v) is 12.6. The Kier molecular flexibility index (Phi) is 4.86. The summed E-state index contributed by atoms with van der Waals surface area (Å²) >= 11 is 8.43. The molecule has 0 amide bonds. The van der Waals surface area contributed by atoms with Gasteiger partial charge in [-0.2, -0.15) is 0 Å². The van der Waals surface area contributed by atoms with Crippen molar-refractivity contribution in [2.45, 2.75) is 6.42 Å². The average molecular weight is 374 g/mol. The Morgan fingerprint density at radius 2 is 1.83 bits per heavy atom. The van der Waals surface area contributed by atoms with Crippen molar-refractivity contribution in [2.75, 3.05) is 6.54 Å². The summed E-state index contributed by atoms with van der Waals surface area (Å²) in [7, 11) is 0. The highest BCUT2D eigenvalue weighted by molar-refractivity contribution is 14.1. The molecular weight excluding hydrogens is 361 g/mol. The molecule has 0 bridgehead atoms. The molecule has 2 N–H and O–H groups in total. The van der Waals surface area contributed by atoms with Gasteiger partial charge in [0.15, 0.2) is 0 Å². The van der Waals surface area contributed by atoms with E-state index in [0.717, 1.165) is 17.7 Å². The molecule has 0 atom stereocenters. The minimum atomic E-state index is 0.611. The molecule has 2 nitrogen and oxygen atoms in total. The van der Waals surface area contributed by atoms with Crippen LogP contribution in [0.1, 0.15) is 5.56 Å². The normalized spacial score (nSPS) is 10.4. The third-order valence-electron chi connectivity index (χ3n) is 2.47. The van der Waals surface area contributed by atoms with E-state index in [9.17, 15) is 0 Å². The highest BCUT2D eigenvalue weighted by Crippen LogP contribution is 2.30. The van der Waals surface area contributed by atoms with Crippen LogP contribution in [0, 0.1) is 3.57 Å². The fraction of sp³-hybridized carbons (Fsp3) is 0.143. The van der Waals surface area contributed by atoms with Crippen molar-refractivity contribution < 1.29 is 4.74 Å². The van der Waals surface area contributed by atoms with Crippen molar-refractivity contribution in [3.8, 4) is 11.5 Å². The van der Waals surface area contributed by atoms with E-state index in [0.29, 0.717) is 17.3 Å². The van der Waals surface area contributed by atoms with E-state index in [4.69, 9.17) is 22.1 Å². The summed E-state index contributed by atoms with van der Waals surface area (Å²) in [6.45, 7) is 0.619. The lowest BCUT2D eigenvalue weighted by Gasteiger charge is -2.09. The molecule has 0 saturated carbocycles. The van der Waals surface area contributed by atoms with Gasteiger partial charge >= 0.3 is 0 Å². The molecule has 2 rings (SSSR count). The number of hydrogen-bond donors (Lipinski definition) is 1. The molecule has 0 aliphatic rings. The largest absolute Gasteiger partial charge is 0.456 e. The van der Waals surface area contributed by atoms with Gasteiger partial charge in [-0.05, 0) is 77.5 Å². The monoisotopic (exact) mass is 373 g/mol. The molecular formula is C14H13ClINO. The first-order chi connectivity index (χ1) is 8.69. The lowest BCUT2D eigenvalue weighted by atomic mass is 10.1. The summed E-state index contributed by atoms with van der Waals surface area (Å²) in [6, 6.07) is 13.6. The highest BCUT2D eigenvalue weighted by Gasteiger charge is 2.04. The van der Waals surface area contributed by atoms with Crippen LogP contribution < -0.4 is 10.5 Å². The Labute approximate surface area is 125 Å². The van der Waals surface area contributed by atoms with Crippen molar-refractivity contribution in [2.24, 2.45) is 5.73 Å². The van der Waals surface area contributed by atoms with Gasteiger partial charge in [0.05, 0.1) is 5.02 Å². The Hall–Kier alpha value is -0.780. The lowest BCUT2D eigenvalue weighted by molar-refractivity contribution is 0.482. The molecule has 0 aliphatic carbocycles. The molecule has 2 aromatic rings. The minimum absolute atomic E-state index is 0.611. The van der Waals surface area contributed by atoms with Crippen LogP contribution in [0.25, 0.3) is 0 Å². The molecule has 0 unspecified atom stereocenters. The smallest absolute Gasteiger partial charge is 0.146 e. The molecule has 0 heterocycles. The minimum Gasteiger partial charge on any atom is -0.456 e. The summed E-state index contributed by atoms with van der Waals surface area (Å²) in [5.41, 5.74) is 6.63. The number of halogens is 2. The van der Waals surface area contributed by atoms with Gasteiger partial charge < -0.3 is 10.5 Å². The van der Waals surface area contributed by atoms with Crippen LogP contribution in [-0.2, 0) is 6.42 Å². The van der Waals surface area contributed by atoms with Crippen LogP contribution in [0.5, 0.6) is 11.5 Å². The van der Waals surface area contributed by atoms with Crippen LogP contribution >= 0.6 is 34.2 Å². The highest BCUT2D eigenvalue weighted by atomic mass is 127. The van der Waals surface area contributed by atoms with E-state index < -0.39 is 0 Å². The summed E-state index contributed by atoms with van der Waals surface area (Å²) < 4.78 is 6.90. The van der Waals surface area contributed by atoms with Gasteiger partial charge in [-0.25, -0.2) is 0 Å². The van der Waals surface area contributed by atoms with E-state index in [1.807, 2.05) is 42.5 Å². The van der Waals surface area contributed by atoms with Crippen molar-refractivity contribution >= 4 is 34.2 Å². The van der Waals surface area contributed by atoms with Gasteiger partial charge in [-0.15, -0.1) is 0 Å². The first-order valence-corrected chi connectivity index (χ1v) is 7.06. The van der Waals surface area contributed by atoms with E-state index in [1.54, 1.807) is 0 Å². The zero-order valence-electron chi connectivity index (χ0n) is 9.70. The van der Waals surface area contributed by atoms with Gasteiger partial charge in [-0.3, -0.25) is 0 Å². The van der Waals surface area contributed by atoms with E-state index >= 15 is 0 Å². The quantitative estimate of drug-likeness (QED) is 0.814. The first-order valence-electron chi connectivity index (χ1n) is 5.61. The average Bonchev–Trinajstić information content (AvgIpc) is 2.36. The third kappa shape index (κ3) is 3.60. The SMILES string of the molecule is NCCc1ccc(Oc2ccc(I)cc2)c(Cl)c1. The summed E-state index contributed by atoms with van der Waals surface area (Å²) in [5.74, 6) is 1.45. The predicted octanol–water partition coefficient (Wildman–Crippen LogP) is 4.24. The van der Waals surface area contributed by atoms with Gasteiger partial charge in [-0.1, -0.05) is 17.7 Å². The number of ether oxygens (including phenoxy) is 1. The molecule has 18 heavy (non-hydrogen) atoms. The maximum atomic E-state index is 6.18. The van der Waals surface area contributed by atoms with Gasteiger partial charge in [0.25, 0.3) is 0 Å². The van der Waals surface area contributed by atoms with Crippen LogP contribution in [0.4, 0.5) is 0 Å². The van der Waals surface area contributed by atoms with E-state index in [2.05, 4.69) is 22.6 Å². The van der Waals surface area contributed by atoms with Gasteiger partial charge in [0.2, 0.25) is 0 Å². The van der Waals surface area contributed by atoms with Crippen molar-refractivity contribution in [1.82, 2.24) is 0 Å². The van der Waals surface area contributed by atoms with Crippen molar-refractivity contribution in [3.05, 3.63) is 56.6 Å². The second kappa shape index (κ2) is 6.41. The maximum Gasteiger partial charge on any atom is 0.146 e. The Morgan fingerprint density at radius 1 is 1.11 bits per heavy atom. The second-order valence-electron chi connectivity index (χ2n) is 3.86. The maximum absolute atomic E-state index is 6.18. The van der Waals surface area contributed by atoms with E-state index in [1.165, 1.54) is 3.57 Å². The predicted molar refractivity (Wildman–Crippen MR) is 83.4 cm³/mol. The summed E-state index contributed by atoms with van der Waals surface area (Å²) in [4.78, 5) is 0. The fourth-order valence-corrected chi connectivity index (χ4v) is 2.18. The van der Waals surface area contributed by atoms with Crippen LogP contribution in [0.2, 0.25) is 5.02 Å². The van der Waals surface area contributed by atoms with Gasteiger partial charge in [0.1, 0.15) is 11.5 Å². The zero-order chi connectivity index (χ0) is 13.0. The molecule has 0 aliphatic heterocycles. The molecule has 0 saturated heterocycles. The third-order valence-corrected chi connectivity index (χ3v) is 3.49. The fourth-order valence-electron chi connectivity index (χ4n) is 1.58. The molecule has 94 valence electrons. The molecule has 0 fully saturated rings. The second-order valence-corrected chi connectivity index (χ2v) is 5.51. The summed E-state index contributed by atoms with van der Waals surface area (Å²) in [5, 5.41) is 0.611. The lowest BCUT2D eigenvalue weighted by Crippen LogP contribution is -2.02. The molecule has 0 radical (unpaired) electrons. The number of benzene rings is 2. The van der Waals surface area contributed by atoms with E-state index in [-0.39, 0.29) is 0 Å². The van der Waals surface area contributed by atoms with Gasteiger partial charge in [0, 0.05) is 3.57 Å².